The van der Waals surface area contributed by atoms with Crippen molar-refractivity contribution in [3.05, 3.63) is 88.8 Å². The highest BCUT2D eigenvalue weighted by Gasteiger charge is 2.48. The zero-order chi connectivity index (χ0) is 24.7. The van der Waals surface area contributed by atoms with Crippen LogP contribution in [0.3, 0.4) is 0 Å². The molecule has 0 fully saturated rings. The molecule has 3 aromatic carbocycles. The summed E-state index contributed by atoms with van der Waals surface area (Å²) in [5, 5.41) is 0. The Morgan fingerprint density at radius 1 is 0.606 bits per heavy atom. The normalized spacial score (nSPS) is 12.1. The van der Waals surface area contributed by atoms with E-state index in [2.05, 4.69) is 0 Å². The Hall–Kier alpha value is -3.15. The van der Waals surface area contributed by atoms with Crippen molar-refractivity contribution in [2.24, 2.45) is 0 Å². The number of halogens is 9. The van der Waals surface area contributed by atoms with Crippen LogP contribution in [-0.2, 0) is 8.98 Å². The summed E-state index contributed by atoms with van der Waals surface area (Å²) in [6.07, 6.45) is -0.617. The minimum atomic E-state index is -5.08. The summed E-state index contributed by atoms with van der Waals surface area (Å²) in [5.41, 5.74) is 0. The van der Waals surface area contributed by atoms with E-state index in [1.807, 2.05) is 0 Å². The molecule has 0 N–H and O–H groups in total. The van der Waals surface area contributed by atoms with E-state index in [1.165, 1.54) is 0 Å². The van der Waals surface area contributed by atoms with Gasteiger partial charge in [0, 0.05) is 53.1 Å². The first kappa shape index (κ1) is 24.5. The third-order valence-electron chi connectivity index (χ3n) is 4.26. The summed E-state index contributed by atoms with van der Waals surface area (Å²) in [5.74, 6) is -17.6. The standard InChI is InChI=1S/C21H11F9O2S/c1-2-18(31)32-33(19-12(25)3-9(22)4-13(19)26,20-14(27)5-10(23)6-15(20)28)21-16(29)7-11(24)8-17(21)30/h3-8H,2H2,1H3. The Labute approximate surface area is 182 Å². The highest BCUT2D eigenvalue weighted by atomic mass is 32.3. The Morgan fingerprint density at radius 3 is 1.06 bits per heavy atom. The van der Waals surface area contributed by atoms with E-state index in [-0.39, 0.29) is 36.4 Å². The Kier molecular flexibility index (Phi) is 6.68. The molecule has 0 amide bonds. The van der Waals surface area contributed by atoms with Crippen molar-refractivity contribution in [1.29, 1.82) is 0 Å². The van der Waals surface area contributed by atoms with Crippen molar-refractivity contribution >= 4 is 16.3 Å². The molecule has 0 saturated heterocycles. The van der Waals surface area contributed by atoms with E-state index in [4.69, 9.17) is 4.18 Å². The largest absolute Gasteiger partial charge is 0.401 e. The van der Waals surface area contributed by atoms with Gasteiger partial charge in [0.1, 0.15) is 67.0 Å². The molecule has 3 rings (SSSR count). The number of benzene rings is 3. The minimum Gasteiger partial charge on any atom is -0.401 e. The van der Waals surface area contributed by atoms with Gasteiger partial charge in [-0.1, -0.05) is 6.92 Å². The molecular weight excluding hydrogens is 487 g/mol. The third kappa shape index (κ3) is 4.26. The van der Waals surface area contributed by atoms with Crippen molar-refractivity contribution in [1.82, 2.24) is 0 Å². The van der Waals surface area contributed by atoms with E-state index >= 15 is 0 Å². The molecule has 176 valence electrons. The molecule has 0 unspecified atom stereocenters. The maximum atomic E-state index is 14.9. The number of rotatable bonds is 5. The van der Waals surface area contributed by atoms with E-state index in [0.717, 1.165) is 6.92 Å². The molecule has 0 aliphatic carbocycles. The van der Waals surface area contributed by atoms with Crippen molar-refractivity contribution in [2.75, 3.05) is 0 Å². The molecule has 0 atom stereocenters. The van der Waals surface area contributed by atoms with Crippen LogP contribution < -0.4 is 0 Å². The number of hydrogen-bond acceptors (Lipinski definition) is 2. The fourth-order valence-electron chi connectivity index (χ4n) is 3.04. The second-order valence-electron chi connectivity index (χ2n) is 6.46. The number of carbonyl (C=O) groups excluding carboxylic acids is 1. The Bertz CT molecular complexity index is 1050. The van der Waals surface area contributed by atoms with Gasteiger partial charge in [0.25, 0.3) is 0 Å². The fourth-order valence-corrected chi connectivity index (χ4v) is 6.30. The van der Waals surface area contributed by atoms with Crippen molar-refractivity contribution in [3.63, 3.8) is 0 Å². The fraction of sp³-hybridized carbons (Fsp3) is 0.0952. The molecule has 0 heterocycles. The maximum absolute atomic E-state index is 14.9. The van der Waals surface area contributed by atoms with Gasteiger partial charge in [-0.05, 0) is 0 Å². The van der Waals surface area contributed by atoms with Gasteiger partial charge in [-0.15, -0.1) is 0 Å². The summed E-state index contributed by atoms with van der Waals surface area (Å²) >= 11 is 0. The molecule has 0 bridgehead atoms. The minimum absolute atomic E-state index is 0.0125. The van der Waals surface area contributed by atoms with Crippen molar-refractivity contribution in [2.45, 2.75) is 28.0 Å². The lowest BCUT2D eigenvalue weighted by Gasteiger charge is -2.40. The molecule has 3 aromatic rings. The van der Waals surface area contributed by atoms with Gasteiger partial charge in [0.15, 0.2) is 0 Å². The topological polar surface area (TPSA) is 26.3 Å². The smallest absolute Gasteiger partial charge is 0.316 e. The van der Waals surface area contributed by atoms with Gasteiger partial charge >= 0.3 is 5.97 Å². The lowest BCUT2D eigenvalue weighted by atomic mass is 10.3. The second-order valence-corrected chi connectivity index (χ2v) is 8.96. The van der Waals surface area contributed by atoms with Gasteiger partial charge in [-0.25, -0.2) is 39.5 Å². The molecular formula is C21H11F9O2S. The van der Waals surface area contributed by atoms with Crippen LogP contribution in [-0.4, -0.2) is 5.97 Å². The molecule has 0 radical (unpaired) electrons. The SMILES string of the molecule is CCC(=O)OS(c1c(F)cc(F)cc1F)(c1c(F)cc(F)cc1F)c1c(F)cc(F)cc1F. The third-order valence-corrected chi connectivity index (χ3v) is 7.59. The van der Waals surface area contributed by atoms with Crippen molar-refractivity contribution < 1.29 is 48.5 Å². The van der Waals surface area contributed by atoms with Gasteiger partial charge < -0.3 is 4.18 Å². The highest BCUT2D eigenvalue weighted by Crippen LogP contribution is 2.72. The summed E-state index contributed by atoms with van der Waals surface area (Å²) in [6.45, 7) is 1.14. The number of carbonyl (C=O) groups is 1. The van der Waals surface area contributed by atoms with Crippen LogP contribution in [0.15, 0.2) is 51.1 Å². The van der Waals surface area contributed by atoms with Crippen LogP contribution in [0.25, 0.3) is 0 Å². The average Bonchev–Trinajstić information content (AvgIpc) is 2.65. The van der Waals surface area contributed by atoms with Crippen LogP contribution >= 0.6 is 10.3 Å². The maximum Gasteiger partial charge on any atom is 0.316 e. The van der Waals surface area contributed by atoms with Gasteiger partial charge in [-0.2, -0.15) is 0 Å². The Morgan fingerprint density at radius 2 is 0.848 bits per heavy atom. The molecule has 0 aliphatic heterocycles. The highest BCUT2D eigenvalue weighted by molar-refractivity contribution is 8.30. The molecule has 0 spiro atoms. The average molecular weight is 498 g/mol. The van der Waals surface area contributed by atoms with Crippen LogP contribution in [0.5, 0.6) is 0 Å². The first-order chi connectivity index (χ1) is 15.4. The molecule has 12 heteroatoms. The summed E-state index contributed by atoms with van der Waals surface area (Å²) < 4.78 is 135. The van der Waals surface area contributed by atoms with E-state index < -0.39 is 89.7 Å². The van der Waals surface area contributed by atoms with E-state index in [9.17, 15) is 44.3 Å². The first-order valence-corrected chi connectivity index (χ1v) is 10.5. The zero-order valence-corrected chi connectivity index (χ0v) is 17.1. The molecule has 33 heavy (non-hydrogen) atoms. The summed E-state index contributed by atoms with van der Waals surface area (Å²) in [6, 6.07) is 0.0751. The van der Waals surface area contributed by atoms with Crippen molar-refractivity contribution in [3.8, 4) is 0 Å². The van der Waals surface area contributed by atoms with Crippen LogP contribution in [0, 0.1) is 52.4 Å². The van der Waals surface area contributed by atoms with E-state index in [0.29, 0.717) is 0 Å². The predicted octanol–water partition coefficient (Wildman–Crippen LogP) is 7.09. The van der Waals surface area contributed by atoms with Crippen LogP contribution in [0.4, 0.5) is 39.5 Å². The van der Waals surface area contributed by atoms with Crippen LogP contribution in [0.2, 0.25) is 0 Å². The number of hydrogen-bond donors (Lipinski definition) is 0. The quantitative estimate of drug-likeness (QED) is 0.351. The molecule has 2 nitrogen and oxygen atoms in total. The summed E-state index contributed by atoms with van der Waals surface area (Å²) in [7, 11) is -5.08. The molecule has 0 saturated carbocycles. The zero-order valence-electron chi connectivity index (χ0n) is 16.3. The lowest BCUT2D eigenvalue weighted by molar-refractivity contribution is -0.133. The Balaban J connectivity index is 2.67. The molecule has 0 aromatic heterocycles. The summed E-state index contributed by atoms with van der Waals surface area (Å²) in [4.78, 5) is 7.38. The predicted molar refractivity (Wildman–Crippen MR) is 97.7 cm³/mol. The monoisotopic (exact) mass is 498 g/mol. The molecule has 0 aliphatic rings. The second kappa shape index (κ2) is 9.00. The van der Waals surface area contributed by atoms with Gasteiger partial charge in [0.05, 0.1) is 0 Å². The van der Waals surface area contributed by atoms with E-state index in [1.54, 1.807) is 0 Å². The first-order valence-electron chi connectivity index (χ1n) is 8.91. The van der Waals surface area contributed by atoms with Gasteiger partial charge in [-0.3, -0.25) is 4.79 Å². The van der Waals surface area contributed by atoms with Crippen LogP contribution in [0.1, 0.15) is 13.3 Å². The van der Waals surface area contributed by atoms with Gasteiger partial charge in [0.2, 0.25) is 0 Å². The lowest BCUT2D eigenvalue weighted by Crippen LogP contribution is -2.20.